The van der Waals surface area contributed by atoms with Gasteiger partial charge in [0.1, 0.15) is 5.69 Å². The van der Waals surface area contributed by atoms with Crippen LogP contribution in [0.3, 0.4) is 0 Å². The lowest BCUT2D eigenvalue weighted by molar-refractivity contribution is -0.141. The average Bonchev–Trinajstić information content (AvgIpc) is 2.85. The largest absolute Gasteiger partial charge is 0.391 e. The first kappa shape index (κ1) is 26.7. The van der Waals surface area contributed by atoms with Crippen molar-refractivity contribution in [3.05, 3.63) is 72.1 Å². The van der Waals surface area contributed by atoms with E-state index >= 15 is 0 Å². The van der Waals surface area contributed by atoms with E-state index in [0.29, 0.717) is 30.3 Å². The molecule has 8 nitrogen and oxygen atoms in total. The smallest absolute Gasteiger partial charge is 0.271 e. The lowest BCUT2D eigenvalue weighted by atomic mass is 9.66. The second-order valence-corrected chi connectivity index (χ2v) is 10.7. The van der Waals surface area contributed by atoms with Crippen molar-refractivity contribution < 1.29 is 19.8 Å². The number of nitrogens with zero attached hydrogens (tertiary/aromatic N) is 2. The topological polar surface area (TPSA) is 138 Å². The van der Waals surface area contributed by atoms with Crippen LogP contribution in [0.1, 0.15) is 55.6 Å². The Morgan fingerprint density at radius 1 is 1.05 bits per heavy atom. The molecule has 8 heteroatoms. The van der Waals surface area contributed by atoms with Gasteiger partial charge < -0.3 is 21.3 Å². The Labute approximate surface area is 217 Å². The Bertz CT molecular complexity index is 1220. The Kier molecular flexibility index (Phi) is 8.19. The highest BCUT2D eigenvalue weighted by molar-refractivity contribution is 5.94. The quantitative estimate of drug-likeness (QED) is 0.353. The Hall–Kier alpha value is -3.36. The van der Waals surface area contributed by atoms with Crippen molar-refractivity contribution in [3.63, 3.8) is 0 Å². The minimum Gasteiger partial charge on any atom is -0.391 e. The molecule has 0 saturated heterocycles. The number of aliphatic hydroxyl groups is 2. The number of hydrogen-bond acceptors (Lipinski definition) is 6. The number of carbonyl (C=O) groups is 2. The van der Waals surface area contributed by atoms with Crippen LogP contribution in [-0.4, -0.2) is 49.7 Å². The molecule has 5 N–H and O–H groups in total. The molecule has 4 rings (SSSR count). The molecule has 1 aliphatic rings. The molecule has 0 spiro atoms. The van der Waals surface area contributed by atoms with Crippen molar-refractivity contribution in [3.8, 4) is 0 Å². The standard InChI is InChI=1S/C29H36N4O4/c1-18-12-19(2)16-29(37,15-18)21(27(30)35)14-26(34)24(13-20-8-4-3-5-9-20)33-28(36)25-17-31-22-10-6-7-11-23(22)32-25/h3-11,17-19,21,24,26,34,37H,12-16H2,1-2H3,(H2,30,35)(H,33,36)/t18?,19?,21-,24+,26+,29?/m1/s1. The third kappa shape index (κ3) is 6.50. The van der Waals surface area contributed by atoms with Crippen LogP contribution < -0.4 is 11.1 Å². The molecule has 1 heterocycles. The number of hydrogen-bond donors (Lipinski definition) is 4. The van der Waals surface area contributed by atoms with Gasteiger partial charge in [0.2, 0.25) is 5.91 Å². The van der Waals surface area contributed by atoms with Crippen LogP contribution in [0.5, 0.6) is 0 Å². The fourth-order valence-corrected chi connectivity index (χ4v) is 5.89. The molecule has 196 valence electrons. The second kappa shape index (κ2) is 11.4. The number of para-hydroxylation sites is 2. The van der Waals surface area contributed by atoms with E-state index in [2.05, 4.69) is 29.1 Å². The normalized spacial score (nSPS) is 24.2. The minimum absolute atomic E-state index is 0.0630. The predicted molar refractivity (Wildman–Crippen MR) is 141 cm³/mol. The van der Waals surface area contributed by atoms with Crippen molar-refractivity contribution in [2.75, 3.05) is 0 Å². The summed E-state index contributed by atoms with van der Waals surface area (Å²) in [5.74, 6) is -1.60. The molecular formula is C29H36N4O4. The van der Waals surface area contributed by atoms with Gasteiger partial charge in [-0.1, -0.05) is 56.3 Å². The number of aromatic nitrogens is 2. The first-order chi connectivity index (χ1) is 17.6. The van der Waals surface area contributed by atoms with Crippen molar-refractivity contribution in [1.29, 1.82) is 0 Å². The molecule has 2 unspecified atom stereocenters. The average molecular weight is 505 g/mol. The van der Waals surface area contributed by atoms with Gasteiger partial charge >= 0.3 is 0 Å². The number of carbonyl (C=O) groups excluding carboxylic acids is 2. The van der Waals surface area contributed by atoms with Crippen molar-refractivity contribution >= 4 is 22.8 Å². The van der Waals surface area contributed by atoms with Gasteiger partial charge in [-0.15, -0.1) is 0 Å². The SMILES string of the molecule is CC1CC(C)CC(O)([C@H](C[C@H](O)[C@H](Cc2ccccc2)NC(=O)c2cnc3ccccc3n2)C(N)=O)C1. The summed E-state index contributed by atoms with van der Waals surface area (Å²) in [6.07, 6.45) is 2.39. The highest BCUT2D eigenvalue weighted by atomic mass is 16.3. The number of benzene rings is 2. The van der Waals surface area contributed by atoms with E-state index in [9.17, 15) is 19.8 Å². The molecule has 1 saturated carbocycles. The van der Waals surface area contributed by atoms with E-state index in [4.69, 9.17) is 5.73 Å². The van der Waals surface area contributed by atoms with E-state index in [1.807, 2.05) is 48.5 Å². The van der Waals surface area contributed by atoms with Gasteiger partial charge in [-0.25, -0.2) is 4.98 Å². The molecule has 0 aliphatic heterocycles. The summed E-state index contributed by atoms with van der Waals surface area (Å²) in [4.78, 5) is 34.5. The lowest BCUT2D eigenvalue weighted by Gasteiger charge is -2.44. The van der Waals surface area contributed by atoms with Crippen molar-refractivity contribution in [1.82, 2.24) is 15.3 Å². The van der Waals surface area contributed by atoms with Gasteiger partial charge in [-0.05, 0) is 61.6 Å². The van der Waals surface area contributed by atoms with Crippen LogP contribution in [0.15, 0.2) is 60.8 Å². The van der Waals surface area contributed by atoms with Crippen LogP contribution in [0.2, 0.25) is 0 Å². The van der Waals surface area contributed by atoms with Crippen LogP contribution in [0, 0.1) is 17.8 Å². The maximum absolute atomic E-state index is 13.2. The van der Waals surface area contributed by atoms with Gasteiger partial charge in [0, 0.05) is 0 Å². The van der Waals surface area contributed by atoms with E-state index in [-0.39, 0.29) is 24.0 Å². The Morgan fingerprint density at radius 3 is 2.32 bits per heavy atom. The maximum atomic E-state index is 13.2. The van der Waals surface area contributed by atoms with Crippen LogP contribution in [0.25, 0.3) is 11.0 Å². The van der Waals surface area contributed by atoms with Crippen molar-refractivity contribution in [2.24, 2.45) is 23.5 Å². The highest BCUT2D eigenvalue weighted by Gasteiger charge is 2.46. The summed E-state index contributed by atoms with van der Waals surface area (Å²) in [6.45, 7) is 4.11. The van der Waals surface area contributed by atoms with E-state index in [0.717, 1.165) is 12.0 Å². The summed E-state index contributed by atoms with van der Waals surface area (Å²) in [7, 11) is 0. The number of rotatable bonds is 9. The van der Waals surface area contributed by atoms with E-state index in [1.54, 1.807) is 6.07 Å². The van der Waals surface area contributed by atoms with E-state index < -0.39 is 35.5 Å². The summed E-state index contributed by atoms with van der Waals surface area (Å²) in [5.41, 5.74) is 6.78. The Morgan fingerprint density at radius 2 is 1.68 bits per heavy atom. The first-order valence-corrected chi connectivity index (χ1v) is 12.9. The zero-order valence-electron chi connectivity index (χ0n) is 21.4. The summed E-state index contributed by atoms with van der Waals surface area (Å²) >= 11 is 0. The number of nitrogens with one attached hydrogen (secondary N) is 1. The molecular weight excluding hydrogens is 468 g/mol. The molecule has 37 heavy (non-hydrogen) atoms. The molecule has 3 aromatic rings. The third-order valence-electron chi connectivity index (χ3n) is 7.44. The monoisotopic (exact) mass is 504 g/mol. The fraction of sp³-hybridized carbons (Fsp3) is 0.448. The lowest BCUT2D eigenvalue weighted by Crippen LogP contribution is -2.53. The zero-order chi connectivity index (χ0) is 26.6. The van der Waals surface area contributed by atoms with Gasteiger partial charge in [0.15, 0.2) is 0 Å². The maximum Gasteiger partial charge on any atom is 0.271 e. The number of aliphatic hydroxyl groups excluding tert-OH is 1. The van der Waals surface area contributed by atoms with Gasteiger partial charge in [0.05, 0.1) is 40.9 Å². The summed E-state index contributed by atoms with van der Waals surface area (Å²) in [5, 5.41) is 25.8. The summed E-state index contributed by atoms with van der Waals surface area (Å²) < 4.78 is 0. The molecule has 5 atom stereocenters. The second-order valence-electron chi connectivity index (χ2n) is 10.7. The third-order valence-corrected chi connectivity index (χ3v) is 7.44. The van der Waals surface area contributed by atoms with Gasteiger partial charge in [-0.2, -0.15) is 0 Å². The molecule has 0 radical (unpaired) electrons. The molecule has 0 bridgehead atoms. The van der Waals surface area contributed by atoms with Crippen LogP contribution in [-0.2, 0) is 11.2 Å². The molecule has 2 aromatic carbocycles. The first-order valence-electron chi connectivity index (χ1n) is 12.9. The Balaban J connectivity index is 1.57. The number of amides is 2. The minimum atomic E-state index is -1.30. The van der Waals surface area contributed by atoms with Gasteiger partial charge in [-0.3, -0.25) is 14.6 Å². The molecule has 2 amide bonds. The predicted octanol–water partition coefficient (Wildman–Crippen LogP) is 3.01. The van der Waals surface area contributed by atoms with E-state index in [1.165, 1.54) is 6.20 Å². The molecule has 1 aromatic heterocycles. The highest BCUT2D eigenvalue weighted by Crippen LogP contribution is 2.42. The zero-order valence-corrected chi connectivity index (χ0v) is 21.4. The van der Waals surface area contributed by atoms with Crippen LogP contribution in [0.4, 0.5) is 0 Å². The summed E-state index contributed by atoms with van der Waals surface area (Å²) in [6, 6.07) is 16.0. The number of fused-ring (bicyclic) bond motifs is 1. The van der Waals surface area contributed by atoms with Crippen molar-refractivity contribution in [2.45, 2.75) is 63.7 Å². The number of nitrogens with two attached hydrogens (primary N) is 1. The number of primary amides is 1. The molecule has 1 fully saturated rings. The van der Waals surface area contributed by atoms with Crippen LogP contribution >= 0.6 is 0 Å². The molecule has 1 aliphatic carbocycles. The fourth-order valence-electron chi connectivity index (χ4n) is 5.89. The van der Waals surface area contributed by atoms with Gasteiger partial charge in [0.25, 0.3) is 5.91 Å².